The Kier molecular flexibility index (Phi) is 6.46. The van der Waals surface area contributed by atoms with Crippen LogP contribution in [0.4, 0.5) is 5.00 Å². The molecule has 1 aromatic rings. The van der Waals surface area contributed by atoms with Gasteiger partial charge < -0.3 is 15.1 Å². The van der Waals surface area contributed by atoms with Crippen LogP contribution in [0.15, 0.2) is 0 Å². The predicted octanol–water partition coefficient (Wildman–Crippen LogP) is 2.85. The summed E-state index contributed by atoms with van der Waals surface area (Å²) >= 11 is 1.62. The molecule has 2 heterocycles. The Balaban J connectivity index is 1.54. The molecule has 5 nitrogen and oxygen atoms in total. The number of piperazine rings is 1. The number of rotatable bonds is 5. The van der Waals surface area contributed by atoms with Crippen LogP contribution in [0.25, 0.3) is 0 Å². The van der Waals surface area contributed by atoms with Crippen LogP contribution in [-0.2, 0) is 17.6 Å². The number of fused-ring (bicyclic) bond motifs is 1. The molecule has 2 aliphatic rings. The average molecular weight is 361 g/mol. The molecule has 1 N–H and O–H groups in total. The number of likely N-dealkylation sites (N-methyl/N-ethyl adjacent to an activating group) is 1. The molecule has 1 aliphatic heterocycles. The fourth-order valence-corrected chi connectivity index (χ4v) is 4.98. The van der Waals surface area contributed by atoms with E-state index in [1.54, 1.807) is 11.3 Å². The van der Waals surface area contributed by atoms with Crippen molar-refractivity contribution in [2.45, 2.75) is 45.4 Å². The topological polar surface area (TPSA) is 59.4 Å². The number of nitrogens with one attached hydrogen (secondary N) is 1. The first-order chi connectivity index (χ1) is 12.2. The van der Waals surface area contributed by atoms with Gasteiger partial charge in [0.15, 0.2) is 0 Å². The van der Waals surface area contributed by atoms with Crippen molar-refractivity contribution in [1.82, 2.24) is 9.80 Å². The summed E-state index contributed by atoms with van der Waals surface area (Å²) in [5.74, 6) is 0.0332. The van der Waals surface area contributed by atoms with E-state index in [-0.39, 0.29) is 5.91 Å². The third-order valence-electron chi connectivity index (χ3n) is 5.35. The zero-order chi connectivity index (χ0) is 17.6. The molecule has 0 saturated carbocycles. The molecule has 0 spiro atoms. The highest BCUT2D eigenvalue weighted by Crippen LogP contribution is 2.37. The lowest BCUT2D eigenvalue weighted by molar-refractivity contribution is -0.116. The molecule has 1 fully saturated rings. The molecule has 0 aromatic carbocycles. The molecule has 0 bridgehead atoms. The van der Waals surface area contributed by atoms with E-state index in [1.165, 1.54) is 23.3 Å². The SMILES string of the molecule is CCN1CCN(CCC(=O)Nc2sc3c(c2C#N)CCCCC3)CC1. The van der Waals surface area contributed by atoms with Gasteiger partial charge in [-0.3, -0.25) is 4.79 Å². The van der Waals surface area contributed by atoms with Crippen molar-refractivity contribution >= 4 is 22.2 Å². The van der Waals surface area contributed by atoms with Gasteiger partial charge in [-0.25, -0.2) is 0 Å². The summed E-state index contributed by atoms with van der Waals surface area (Å²) in [6.07, 6.45) is 6.10. The van der Waals surface area contributed by atoms with Gasteiger partial charge in [0.25, 0.3) is 0 Å². The van der Waals surface area contributed by atoms with E-state index in [0.717, 1.165) is 63.5 Å². The van der Waals surface area contributed by atoms with Gasteiger partial charge in [-0.15, -0.1) is 11.3 Å². The summed E-state index contributed by atoms with van der Waals surface area (Å²) in [6.45, 7) is 8.36. The first-order valence-corrected chi connectivity index (χ1v) is 10.3. The average Bonchev–Trinajstić information content (AvgIpc) is 2.79. The quantitative estimate of drug-likeness (QED) is 0.820. The van der Waals surface area contributed by atoms with Crippen molar-refractivity contribution < 1.29 is 4.79 Å². The number of aryl methyl sites for hydroxylation is 1. The highest BCUT2D eigenvalue weighted by atomic mass is 32.1. The molecule has 0 unspecified atom stereocenters. The van der Waals surface area contributed by atoms with Crippen LogP contribution in [0.5, 0.6) is 0 Å². The zero-order valence-corrected chi connectivity index (χ0v) is 16.0. The van der Waals surface area contributed by atoms with Crippen LogP contribution in [0, 0.1) is 11.3 Å². The van der Waals surface area contributed by atoms with Gasteiger partial charge in [0, 0.05) is 44.0 Å². The minimum absolute atomic E-state index is 0.0332. The Morgan fingerprint density at radius 3 is 2.60 bits per heavy atom. The third-order valence-corrected chi connectivity index (χ3v) is 6.56. The van der Waals surface area contributed by atoms with E-state index in [9.17, 15) is 10.1 Å². The summed E-state index contributed by atoms with van der Waals surface area (Å²) < 4.78 is 0. The monoisotopic (exact) mass is 360 g/mol. The van der Waals surface area contributed by atoms with E-state index in [0.29, 0.717) is 12.0 Å². The van der Waals surface area contributed by atoms with Crippen molar-refractivity contribution in [2.75, 3.05) is 44.6 Å². The van der Waals surface area contributed by atoms with E-state index in [4.69, 9.17) is 0 Å². The molecular weight excluding hydrogens is 332 g/mol. The molecule has 25 heavy (non-hydrogen) atoms. The summed E-state index contributed by atoms with van der Waals surface area (Å²) in [5, 5.41) is 13.3. The molecule has 1 saturated heterocycles. The van der Waals surface area contributed by atoms with Crippen molar-refractivity contribution in [3.05, 3.63) is 16.0 Å². The Labute approximate surface area is 154 Å². The van der Waals surface area contributed by atoms with Gasteiger partial charge in [-0.1, -0.05) is 13.3 Å². The number of thiophene rings is 1. The number of hydrogen-bond acceptors (Lipinski definition) is 5. The molecule has 1 aliphatic carbocycles. The maximum Gasteiger partial charge on any atom is 0.226 e. The van der Waals surface area contributed by atoms with Gasteiger partial charge in [0.2, 0.25) is 5.91 Å². The Morgan fingerprint density at radius 1 is 1.16 bits per heavy atom. The standard InChI is InChI=1S/C19H28N4OS/c1-2-22-10-12-23(13-11-22)9-8-18(24)21-19-16(14-20)15-6-4-3-5-7-17(15)25-19/h2-13H2,1H3,(H,21,24). The Hall–Kier alpha value is -1.42. The minimum atomic E-state index is 0.0332. The lowest BCUT2D eigenvalue weighted by atomic mass is 10.1. The third kappa shape index (κ3) is 4.60. The van der Waals surface area contributed by atoms with E-state index in [2.05, 4.69) is 28.1 Å². The zero-order valence-electron chi connectivity index (χ0n) is 15.1. The number of hydrogen-bond donors (Lipinski definition) is 1. The Bertz CT molecular complexity index is 641. The van der Waals surface area contributed by atoms with Gasteiger partial charge >= 0.3 is 0 Å². The molecule has 6 heteroatoms. The summed E-state index contributed by atoms with van der Waals surface area (Å²) in [4.78, 5) is 18.5. The van der Waals surface area contributed by atoms with Crippen LogP contribution < -0.4 is 5.32 Å². The number of amides is 1. The van der Waals surface area contributed by atoms with Crippen molar-refractivity contribution in [3.8, 4) is 6.07 Å². The van der Waals surface area contributed by atoms with Crippen LogP contribution in [-0.4, -0.2) is 55.0 Å². The summed E-state index contributed by atoms with van der Waals surface area (Å²) in [6, 6.07) is 2.33. The summed E-state index contributed by atoms with van der Waals surface area (Å²) in [5.41, 5.74) is 1.91. The van der Waals surface area contributed by atoms with Crippen molar-refractivity contribution in [3.63, 3.8) is 0 Å². The highest BCUT2D eigenvalue weighted by molar-refractivity contribution is 7.16. The fourth-order valence-electron chi connectivity index (χ4n) is 3.73. The fraction of sp³-hybridized carbons (Fsp3) is 0.684. The van der Waals surface area contributed by atoms with Crippen molar-refractivity contribution in [1.29, 1.82) is 5.26 Å². The van der Waals surface area contributed by atoms with E-state index >= 15 is 0 Å². The number of nitrogens with zero attached hydrogens (tertiary/aromatic N) is 3. The second-order valence-corrected chi connectivity index (χ2v) is 8.06. The number of carbonyl (C=O) groups excluding carboxylic acids is 1. The van der Waals surface area contributed by atoms with Crippen LogP contribution in [0.3, 0.4) is 0 Å². The second-order valence-electron chi connectivity index (χ2n) is 6.95. The largest absolute Gasteiger partial charge is 0.317 e. The van der Waals surface area contributed by atoms with E-state index in [1.807, 2.05) is 0 Å². The molecule has 0 radical (unpaired) electrons. The molecule has 136 valence electrons. The van der Waals surface area contributed by atoms with Gasteiger partial charge in [-0.05, 0) is 37.8 Å². The maximum atomic E-state index is 12.4. The first kappa shape index (κ1) is 18.4. The van der Waals surface area contributed by atoms with Crippen molar-refractivity contribution in [2.24, 2.45) is 0 Å². The molecule has 3 rings (SSSR count). The van der Waals surface area contributed by atoms with Crippen LogP contribution in [0.1, 0.15) is 48.6 Å². The van der Waals surface area contributed by atoms with E-state index < -0.39 is 0 Å². The molecule has 1 aromatic heterocycles. The lowest BCUT2D eigenvalue weighted by Crippen LogP contribution is -2.46. The molecule has 0 atom stereocenters. The molecular formula is C19H28N4OS. The molecule has 1 amide bonds. The first-order valence-electron chi connectivity index (χ1n) is 9.50. The smallest absolute Gasteiger partial charge is 0.226 e. The lowest BCUT2D eigenvalue weighted by Gasteiger charge is -2.33. The summed E-state index contributed by atoms with van der Waals surface area (Å²) in [7, 11) is 0. The maximum absolute atomic E-state index is 12.4. The number of carbonyl (C=O) groups is 1. The number of anilines is 1. The number of nitriles is 1. The Morgan fingerprint density at radius 2 is 1.88 bits per heavy atom. The van der Waals surface area contributed by atoms with Crippen LogP contribution >= 0.6 is 11.3 Å². The van der Waals surface area contributed by atoms with Gasteiger partial charge in [-0.2, -0.15) is 5.26 Å². The normalized spacial score (nSPS) is 19.0. The highest BCUT2D eigenvalue weighted by Gasteiger charge is 2.21. The predicted molar refractivity (Wildman–Crippen MR) is 102 cm³/mol. The van der Waals surface area contributed by atoms with Gasteiger partial charge in [0.05, 0.1) is 5.56 Å². The second kappa shape index (κ2) is 8.79. The van der Waals surface area contributed by atoms with Crippen LogP contribution in [0.2, 0.25) is 0 Å². The minimum Gasteiger partial charge on any atom is -0.317 e. The van der Waals surface area contributed by atoms with Gasteiger partial charge in [0.1, 0.15) is 11.1 Å².